The van der Waals surface area contributed by atoms with Crippen LogP contribution in [0.1, 0.15) is 39.5 Å². The Labute approximate surface area is 105 Å². The Kier molecular flexibility index (Phi) is 7.21. The minimum absolute atomic E-state index is 0.113. The topological polar surface area (TPSA) is 44.4 Å². The Morgan fingerprint density at radius 1 is 1.29 bits per heavy atom. The first-order chi connectivity index (χ1) is 8.24. The molecule has 1 aliphatic heterocycles. The van der Waals surface area contributed by atoms with Crippen molar-refractivity contribution in [3.05, 3.63) is 0 Å². The largest absolute Gasteiger partial charge is 0.353 e. The molecule has 1 atom stereocenters. The summed E-state index contributed by atoms with van der Waals surface area (Å²) in [5, 5.41) is 6.11. The molecule has 0 aromatic carbocycles. The zero-order chi connectivity index (χ0) is 12.5. The highest BCUT2D eigenvalue weighted by Gasteiger charge is 2.16. The normalized spacial score (nSPS) is 18.9. The molecular formula is C13H27N3O. The molecule has 2 N–H and O–H groups in total. The predicted molar refractivity (Wildman–Crippen MR) is 71.1 cm³/mol. The van der Waals surface area contributed by atoms with Crippen LogP contribution in [-0.2, 0) is 4.79 Å². The molecule has 1 amide bonds. The van der Waals surface area contributed by atoms with Crippen molar-refractivity contribution in [2.45, 2.75) is 45.6 Å². The predicted octanol–water partition coefficient (Wildman–Crippen LogP) is 0.977. The monoisotopic (exact) mass is 241 g/mol. The molecule has 1 rings (SSSR count). The number of nitrogens with one attached hydrogen (secondary N) is 2. The minimum atomic E-state index is 0.113. The van der Waals surface area contributed by atoms with E-state index in [0.717, 1.165) is 19.5 Å². The summed E-state index contributed by atoms with van der Waals surface area (Å²) in [5.41, 5.74) is 0. The second-order valence-electron chi connectivity index (χ2n) is 4.93. The number of carbonyl (C=O) groups is 1. The number of amides is 1. The average Bonchev–Trinajstić information content (AvgIpc) is 2.37. The zero-order valence-corrected chi connectivity index (χ0v) is 11.3. The van der Waals surface area contributed by atoms with Crippen molar-refractivity contribution in [1.29, 1.82) is 0 Å². The van der Waals surface area contributed by atoms with E-state index in [2.05, 4.69) is 29.4 Å². The second kappa shape index (κ2) is 8.48. The maximum Gasteiger partial charge on any atom is 0.234 e. The van der Waals surface area contributed by atoms with Gasteiger partial charge < -0.3 is 10.6 Å². The van der Waals surface area contributed by atoms with E-state index < -0.39 is 0 Å². The van der Waals surface area contributed by atoms with E-state index in [1.807, 2.05) is 0 Å². The van der Waals surface area contributed by atoms with E-state index >= 15 is 0 Å². The standard InChI is InChI=1S/C13H27N3O/c1-3-7-14-11-13(17)15-10-12(2)16-8-5-4-6-9-16/h12,14H,3-11H2,1-2H3,(H,15,17). The summed E-state index contributed by atoms with van der Waals surface area (Å²) < 4.78 is 0. The Morgan fingerprint density at radius 3 is 2.65 bits per heavy atom. The molecule has 0 radical (unpaired) electrons. The van der Waals surface area contributed by atoms with Gasteiger partial charge in [0, 0.05) is 12.6 Å². The molecule has 0 bridgehead atoms. The van der Waals surface area contributed by atoms with Crippen LogP contribution >= 0.6 is 0 Å². The Morgan fingerprint density at radius 2 is 2.00 bits per heavy atom. The maximum absolute atomic E-state index is 11.5. The van der Waals surface area contributed by atoms with E-state index in [0.29, 0.717) is 12.6 Å². The lowest BCUT2D eigenvalue weighted by atomic mass is 10.1. The van der Waals surface area contributed by atoms with E-state index in [9.17, 15) is 4.79 Å². The number of hydrogen-bond donors (Lipinski definition) is 2. The first-order valence-electron chi connectivity index (χ1n) is 6.95. The molecule has 1 heterocycles. The zero-order valence-electron chi connectivity index (χ0n) is 11.3. The lowest BCUT2D eigenvalue weighted by molar-refractivity contribution is -0.120. The number of nitrogens with zero attached hydrogens (tertiary/aromatic N) is 1. The number of likely N-dealkylation sites (tertiary alicyclic amines) is 1. The third-order valence-electron chi connectivity index (χ3n) is 3.32. The summed E-state index contributed by atoms with van der Waals surface area (Å²) in [7, 11) is 0. The maximum atomic E-state index is 11.5. The van der Waals surface area contributed by atoms with Gasteiger partial charge >= 0.3 is 0 Å². The van der Waals surface area contributed by atoms with E-state index in [-0.39, 0.29) is 5.91 Å². The van der Waals surface area contributed by atoms with Crippen molar-refractivity contribution in [3.63, 3.8) is 0 Å². The summed E-state index contributed by atoms with van der Waals surface area (Å²) in [6.07, 6.45) is 5.03. The van der Waals surface area contributed by atoms with Crippen molar-refractivity contribution in [2.24, 2.45) is 0 Å². The molecule has 1 aliphatic rings. The van der Waals surface area contributed by atoms with Gasteiger partial charge in [-0.05, 0) is 45.8 Å². The van der Waals surface area contributed by atoms with Crippen molar-refractivity contribution in [2.75, 3.05) is 32.7 Å². The molecule has 0 aromatic rings. The summed E-state index contributed by atoms with van der Waals surface area (Å²) >= 11 is 0. The number of rotatable bonds is 7. The van der Waals surface area contributed by atoms with Crippen LogP contribution < -0.4 is 10.6 Å². The van der Waals surface area contributed by atoms with Crippen molar-refractivity contribution >= 4 is 5.91 Å². The molecular weight excluding hydrogens is 214 g/mol. The fourth-order valence-corrected chi connectivity index (χ4v) is 2.19. The Hall–Kier alpha value is -0.610. The molecule has 1 fully saturated rings. The van der Waals surface area contributed by atoms with E-state index in [4.69, 9.17) is 0 Å². The highest BCUT2D eigenvalue weighted by Crippen LogP contribution is 2.11. The first-order valence-corrected chi connectivity index (χ1v) is 6.95. The van der Waals surface area contributed by atoms with Crippen molar-refractivity contribution in [3.8, 4) is 0 Å². The summed E-state index contributed by atoms with van der Waals surface area (Å²) in [4.78, 5) is 14.0. The highest BCUT2D eigenvalue weighted by molar-refractivity contribution is 5.77. The summed E-state index contributed by atoms with van der Waals surface area (Å²) in [5.74, 6) is 0.113. The molecule has 4 heteroatoms. The number of carbonyl (C=O) groups excluding carboxylic acids is 1. The third kappa shape index (κ3) is 6.03. The van der Waals surface area contributed by atoms with E-state index in [1.54, 1.807) is 0 Å². The molecule has 1 unspecified atom stereocenters. The molecule has 0 saturated carbocycles. The molecule has 0 aromatic heterocycles. The fourth-order valence-electron chi connectivity index (χ4n) is 2.19. The lowest BCUT2D eigenvalue weighted by Gasteiger charge is -2.32. The number of piperidine rings is 1. The van der Waals surface area contributed by atoms with Crippen LogP contribution in [0.25, 0.3) is 0 Å². The average molecular weight is 241 g/mol. The summed E-state index contributed by atoms with van der Waals surface area (Å²) in [6, 6.07) is 0.463. The molecule has 0 spiro atoms. The van der Waals surface area contributed by atoms with Gasteiger partial charge in [0.15, 0.2) is 0 Å². The Balaban J connectivity index is 2.09. The van der Waals surface area contributed by atoms with Gasteiger partial charge in [-0.1, -0.05) is 13.3 Å². The van der Waals surface area contributed by atoms with Gasteiger partial charge in [0.2, 0.25) is 5.91 Å². The highest BCUT2D eigenvalue weighted by atomic mass is 16.1. The fraction of sp³-hybridized carbons (Fsp3) is 0.923. The van der Waals surface area contributed by atoms with Gasteiger partial charge in [0.05, 0.1) is 6.54 Å². The third-order valence-corrected chi connectivity index (χ3v) is 3.32. The molecule has 4 nitrogen and oxygen atoms in total. The molecule has 1 saturated heterocycles. The van der Waals surface area contributed by atoms with Crippen LogP contribution in [0.2, 0.25) is 0 Å². The van der Waals surface area contributed by atoms with Crippen LogP contribution in [0.4, 0.5) is 0 Å². The van der Waals surface area contributed by atoms with Gasteiger partial charge in [-0.25, -0.2) is 0 Å². The van der Waals surface area contributed by atoms with Crippen LogP contribution in [0.5, 0.6) is 0 Å². The van der Waals surface area contributed by atoms with Crippen LogP contribution in [0.15, 0.2) is 0 Å². The minimum Gasteiger partial charge on any atom is -0.353 e. The Bertz CT molecular complexity index is 215. The van der Waals surface area contributed by atoms with Gasteiger partial charge in [-0.15, -0.1) is 0 Å². The molecule has 17 heavy (non-hydrogen) atoms. The van der Waals surface area contributed by atoms with Gasteiger partial charge in [0.25, 0.3) is 0 Å². The number of hydrogen-bond acceptors (Lipinski definition) is 3. The van der Waals surface area contributed by atoms with Crippen LogP contribution in [0.3, 0.4) is 0 Å². The van der Waals surface area contributed by atoms with Gasteiger partial charge in [0.1, 0.15) is 0 Å². The summed E-state index contributed by atoms with van der Waals surface area (Å²) in [6.45, 7) is 8.80. The van der Waals surface area contributed by atoms with Crippen molar-refractivity contribution < 1.29 is 4.79 Å². The quantitative estimate of drug-likeness (QED) is 0.653. The smallest absolute Gasteiger partial charge is 0.234 e. The van der Waals surface area contributed by atoms with E-state index in [1.165, 1.54) is 32.4 Å². The van der Waals surface area contributed by atoms with Gasteiger partial charge in [-0.3, -0.25) is 9.69 Å². The van der Waals surface area contributed by atoms with Gasteiger partial charge in [-0.2, -0.15) is 0 Å². The molecule has 0 aliphatic carbocycles. The lowest BCUT2D eigenvalue weighted by Crippen LogP contribution is -2.46. The SMILES string of the molecule is CCCNCC(=O)NCC(C)N1CCCCC1. The van der Waals surface area contributed by atoms with Crippen LogP contribution in [-0.4, -0.2) is 49.6 Å². The van der Waals surface area contributed by atoms with Crippen molar-refractivity contribution in [1.82, 2.24) is 15.5 Å². The molecule has 100 valence electrons. The van der Waals surface area contributed by atoms with Crippen LogP contribution in [0, 0.1) is 0 Å². The second-order valence-corrected chi connectivity index (χ2v) is 4.93. The first kappa shape index (κ1) is 14.5.